The summed E-state index contributed by atoms with van der Waals surface area (Å²) in [5.74, 6) is 1.72. The van der Waals surface area contributed by atoms with E-state index in [9.17, 15) is 0 Å². The molecule has 1 unspecified atom stereocenters. The summed E-state index contributed by atoms with van der Waals surface area (Å²) in [7, 11) is 0. The van der Waals surface area contributed by atoms with Crippen molar-refractivity contribution in [1.29, 1.82) is 0 Å². The first-order chi connectivity index (χ1) is 6.90. The van der Waals surface area contributed by atoms with Crippen molar-refractivity contribution in [3.05, 3.63) is 11.6 Å². The molecule has 1 fully saturated rings. The van der Waals surface area contributed by atoms with E-state index in [1.54, 1.807) is 0 Å². The minimum Gasteiger partial charge on any atom is -0.370 e. The molecule has 0 bridgehead atoms. The molecule has 3 N–H and O–H groups in total. The zero-order chi connectivity index (χ0) is 9.80. The monoisotopic (exact) mass is 196 g/mol. The number of aromatic nitrogens is 3. The van der Waals surface area contributed by atoms with Crippen molar-refractivity contribution in [2.75, 3.05) is 13.2 Å². The molecule has 1 aliphatic heterocycles. The Hall–Kier alpha value is -0.940. The summed E-state index contributed by atoms with van der Waals surface area (Å²) in [4.78, 5) is 4.38. The number of hydrogen-bond donors (Lipinski definition) is 2. The van der Waals surface area contributed by atoms with Crippen molar-refractivity contribution in [2.45, 2.75) is 31.8 Å². The highest BCUT2D eigenvalue weighted by Crippen LogP contribution is 2.25. The topological polar surface area (TPSA) is 76.8 Å². The van der Waals surface area contributed by atoms with Crippen LogP contribution in [-0.4, -0.2) is 28.3 Å². The molecule has 0 spiro atoms. The molecule has 1 aromatic heterocycles. The number of aryl methyl sites for hydroxylation is 1. The van der Waals surface area contributed by atoms with Crippen molar-refractivity contribution >= 4 is 0 Å². The van der Waals surface area contributed by atoms with Gasteiger partial charge in [-0.2, -0.15) is 5.10 Å². The standard InChI is InChI=1S/C9H16N4O/c10-5-1-4-8-11-9(13-12-8)7-3-2-6-14-7/h7H,1-6,10H2,(H,11,12,13). The maximum atomic E-state index is 5.49. The van der Waals surface area contributed by atoms with Gasteiger partial charge in [0.25, 0.3) is 0 Å². The first-order valence-corrected chi connectivity index (χ1v) is 5.13. The van der Waals surface area contributed by atoms with Crippen LogP contribution in [-0.2, 0) is 11.2 Å². The lowest BCUT2D eigenvalue weighted by molar-refractivity contribution is 0.105. The van der Waals surface area contributed by atoms with E-state index in [1.807, 2.05) is 0 Å². The molecule has 5 heteroatoms. The first kappa shape index (κ1) is 9.61. The number of rotatable bonds is 4. The molecule has 2 heterocycles. The van der Waals surface area contributed by atoms with Crippen molar-refractivity contribution in [3.63, 3.8) is 0 Å². The fourth-order valence-corrected chi connectivity index (χ4v) is 1.62. The van der Waals surface area contributed by atoms with Gasteiger partial charge in [-0.05, 0) is 25.8 Å². The first-order valence-electron chi connectivity index (χ1n) is 5.13. The van der Waals surface area contributed by atoms with Gasteiger partial charge in [0.05, 0.1) is 0 Å². The van der Waals surface area contributed by atoms with E-state index in [1.165, 1.54) is 0 Å². The Morgan fingerprint density at radius 3 is 3.21 bits per heavy atom. The summed E-state index contributed by atoms with van der Waals surface area (Å²) in [5.41, 5.74) is 5.42. The van der Waals surface area contributed by atoms with Gasteiger partial charge in [-0.25, -0.2) is 4.98 Å². The van der Waals surface area contributed by atoms with Crippen LogP contribution in [0.3, 0.4) is 0 Å². The van der Waals surface area contributed by atoms with Crippen LogP contribution >= 0.6 is 0 Å². The molecule has 0 amide bonds. The van der Waals surface area contributed by atoms with Crippen LogP contribution < -0.4 is 5.73 Å². The summed E-state index contributed by atoms with van der Waals surface area (Å²) in [5, 5.41) is 7.07. The van der Waals surface area contributed by atoms with E-state index < -0.39 is 0 Å². The van der Waals surface area contributed by atoms with E-state index in [4.69, 9.17) is 10.5 Å². The van der Waals surface area contributed by atoms with Crippen molar-refractivity contribution in [2.24, 2.45) is 5.73 Å². The molecule has 0 aromatic carbocycles. The predicted octanol–water partition coefficient (Wildman–Crippen LogP) is 0.547. The van der Waals surface area contributed by atoms with Gasteiger partial charge in [0, 0.05) is 13.0 Å². The van der Waals surface area contributed by atoms with Gasteiger partial charge in [-0.15, -0.1) is 0 Å². The fraction of sp³-hybridized carbons (Fsp3) is 0.778. The Kier molecular flexibility index (Phi) is 3.10. The SMILES string of the molecule is NCCCc1nc(C2CCCO2)n[nH]1. The van der Waals surface area contributed by atoms with Gasteiger partial charge >= 0.3 is 0 Å². The highest BCUT2D eigenvalue weighted by atomic mass is 16.5. The predicted molar refractivity (Wildman–Crippen MR) is 51.7 cm³/mol. The second-order valence-electron chi connectivity index (χ2n) is 3.53. The fourth-order valence-electron chi connectivity index (χ4n) is 1.62. The smallest absolute Gasteiger partial charge is 0.179 e. The van der Waals surface area contributed by atoms with E-state index in [2.05, 4.69) is 15.2 Å². The van der Waals surface area contributed by atoms with E-state index in [0.717, 1.165) is 43.9 Å². The quantitative estimate of drug-likeness (QED) is 0.737. The Labute approximate surface area is 83.1 Å². The van der Waals surface area contributed by atoms with E-state index in [0.29, 0.717) is 6.54 Å². The van der Waals surface area contributed by atoms with Crippen molar-refractivity contribution in [3.8, 4) is 0 Å². The number of ether oxygens (including phenoxy) is 1. The lowest BCUT2D eigenvalue weighted by Crippen LogP contribution is -2.02. The molecule has 1 saturated heterocycles. The van der Waals surface area contributed by atoms with Gasteiger partial charge < -0.3 is 10.5 Å². The number of hydrogen-bond acceptors (Lipinski definition) is 4. The van der Waals surface area contributed by atoms with Crippen LogP contribution in [0.4, 0.5) is 0 Å². The molecule has 5 nitrogen and oxygen atoms in total. The minimum absolute atomic E-state index is 0.109. The molecule has 14 heavy (non-hydrogen) atoms. The second kappa shape index (κ2) is 4.52. The van der Waals surface area contributed by atoms with E-state index in [-0.39, 0.29) is 6.10 Å². The third-order valence-corrected chi connectivity index (χ3v) is 2.38. The average Bonchev–Trinajstić information content (AvgIpc) is 2.85. The summed E-state index contributed by atoms with van der Waals surface area (Å²) >= 11 is 0. The summed E-state index contributed by atoms with van der Waals surface area (Å²) in [6.07, 6.45) is 4.07. The van der Waals surface area contributed by atoms with Gasteiger partial charge in [0.15, 0.2) is 5.82 Å². The molecule has 1 atom stereocenters. The lowest BCUT2D eigenvalue weighted by Gasteiger charge is -2.01. The van der Waals surface area contributed by atoms with Crippen LogP contribution in [0.5, 0.6) is 0 Å². The zero-order valence-electron chi connectivity index (χ0n) is 8.20. The number of nitrogens with zero attached hydrogens (tertiary/aromatic N) is 2. The van der Waals surface area contributed by atoms with Crippen LogP contribution in [0.1, 0.15) is 37.0 Å². The molecule has 78 valence electrons. The number of nitrogens with one attached hydrogen (secondary N) is 1. The van der Waals surface area contributed by atoms with Crippen LogP contribution in [0.2, 0.25) is 0 Å². The normalized spacial score (nSPS) is 21.6. The van der Waals surface area contributed by atoms with Gasteiger partial charge in [0.2, 0.25) is 0 Å². The molecule has 1 aliphatic rings. The number of aromatic amines is 1. The maximum absolute atomic E-state index is 5.49. The summed E-state index contributed by atoms with van der Waals surface area (Å²) in [6.45, 7) is 1.52. The molecule has 0 saturated carbocycles. The average molecular weight is 196 g/mol. The van der Waals surface area contributed by atoms with Gasteiger partial charge in [0.1, 0.15) is 11.9 Å². The third-order valence-electron chi connectivity index (χ3n) is 2.38. The Morgan fingerprint density at radius 1 is 1.57 bits per heavy atom. The van der Waals surface area contributed by atoms with Crippen LogP contribution in [0, 0.1) is 0 Å². The number of nitrogens with two attached hydrogens (primary N) is 1. The molecular weight excluding hydrogens is 180 g/mol. The van der Waals surface area contributed by atoms with Crippen molar-refractivity contribution in [1.82, 2.24) is 15.2 Å². The van der Waals surface area contributed by atoms with Gasteiger partial charge in [-0.3, -0.25) is 5.10 Å². The van der Waals surface area contributed by atoms with Gasteiger partial charge in [-0.1, -0.05) is 0 Å². The molecule has 0 aliphatic carbocycles. The highest BCUT2D eigenvalue weighted by Gasteiger charge is 2.21. The van der Waals surface area contributed by atoms with Crippen LogP contribution in [0.15, 0.2) is 0 Å². The lowest BCUT2D eigenvalue weighted by atomic mass is 10.2. The van der Waals surface area contributed by atoms with Crippen LogP contribution in [0.25, 0.3) is 0 Å². The molecule has 2 rings (SSSR count). The van der Waals surface area contributed by atoms with Crippen molar-refractivity contribution < 1.29 is 4.74 Å². The second-order valence-corrected chi connectivity index (χ2v) is 3.53. The van der Waals surface area contributed by atoms with E-state index >= 15 is 0 Å². The number of H-pyrrole nitrogens is 1. The highest BCUT2D eigenvalue weighted by molar-refractivity contribution is 4.96. The third kappa shape index (κ3) is 2.10. The summed E-state index contributed by atoms with van der Waals surface area (Å²) in [6, 6.07) is 0. The molecular formula is C9H16N4O. The summed E-state index contributed by atoms with van der Waals surface area (Å²) < 4.78 is 5.49. The molecule has 1 aromatic rings. The Balaban J connectivity index is 1.94. The minimum atomic E-state index is 0.109. The zero-order valence-corrected chi connectivity index (χ0v) is 8.20. The largest absolute Gasteiger partial charge is 0.370 e. The molecule has 0 radical (unpaired) electrons. The Bertz CT molecular complexity index is 280. The maximum Gasteiger partial charge on any atom is 0.179 e. The Morgan fingerprint density at radius 2 is 2.50 bits per heavy atom.